The monoisotopic (exact) mass is 332 g/mol. The van der Waals surface area contributed by atoms with Crippen LogP contribution in [0.2, 0.25) is 0 Å². The van der Waals surface area contributed by atoms with E-state index in [0.717, 1.165) is 9.88 Å². The van der Waals surface area contributed by atoms with Crippen LogP contribution in [0, 0.1) is 6.92 Å². The molecule has 3 aromatic rings. The summed E-state index contributed by atoms with van der Waals surface area (Å²) in [5, 5.41) is 2.76. The van der Waals surface area contributed by atoms with Gasteiger partial charge in [-0.15, -0.1) is 22.7 Å². The van der Waals surface area contributed by atoms with Gasteiger partial charge in [0.15, 0.2) is 0 Å². The Morgan fingerprint density at radius 2 is 2.00 bits per heavy atom. The van der Waals surface area contributed by atoms with Gasteiger partial charge in [0.2, 0.25) is 0 Å². The molecule has 0 saturated heterocycles. The maximum Gasteiger partial charge on any atom is 0.286 e. The highest BCUT2D eigenvalue weighted by atomic mass is 32.1. The third kappa shape index (κ3) is 2.92. The van der Waals surface area contributed by atoms with Gasteiger partial charge in [-0.1, -0.05) is 6.07 Å². The lowest BCUT2D eigenvalue weighted by Crippen LogP contribution is -2.41. The maximum absolute atomic E-state index is 12.2. The van der Waals surface area contributed by atoms with Crippen LogP contribution < -0.4 is 10.9 Å². The molecule has 0 aliphatic rings. The predicted molar refractivity (Wildman–Crippen MR) is 85.9 cm³/mol. The van der Waals surface area contributed by atoms with Crippen molar-refractivity contribution in [3.05, 3.63) is 52.1 Å². The van der Waals surface area contributed by atoms with E-state index in [1.54, 1.807) is 36.6 Å². The fraction of sp³-hybridized carbons (Fsp3) is 0.0714. The zero-order valence-electron chi connectivity index (χ0n) is 11.5. The Bertz CT molecular complexity index is 791. The van der Waals surface area contributed by atoms with Crippen LogP contribution in [0.25, 0.3) is 9.88 Å². The van der Waals surface area contributed by atoms with Crippen LogP contribution >= 0.6 is 22.7 Å². The number of aromatic amines is 1. The van der Waals surface area contributed by atoms with Crippen LogP contribution in [0.15, 0.2) is 35.8 Å². The summed E-state index contributed by atoms with van der Waals surface area (Å²) in [6.45, 7) is 1.77. The van der Waals surface area contributed by atoms with E-state index in [2.05, 4.69) is 20.8 Å². The first-order valence-electron chi connectivity index (χ1n) is 6.40. The maximum atomic E-state index is 12.2. The van der Waals surface area contributed by atoms with E-state index in [1.165, 1.54) is 11.3 Å². The first-order valence-corrected chi connectivity index (χ1v) is 8.10. The molecular formula is C14H12N4O2S2. The zero-order chi connectivity index (χ0) is 15.5. The van der Waals surface area contributed by atoms with Gasteiger partial charge in [0, 0.05) is 6.20 Å². The molecule has 0 aromatic carbocycles. The number of carbonyl (C=O) groups is 2. The summed E-state index contributed by atoms with van der Waals surface area (Å²) in [5.74, 6) is -0.781. The summed E-state index contributed by atoms with van der Waals surface area (Å²) >= 11 is 2.87. The number of nitrogens with zero attached hydrogens (tertiary/aromatic N) is 1. The second kappa shape index (κ2) is 6.12. The number of amides is 2. The van der Waals surface area contributed by atoms with Crippen LogP contribution in [0.5, 0.6) is 0 Å². The molecule has 2 amide bonds. The summed E-state index contributed by atoms with van der Waals surface area (Å²) in [4.78, 5) is 32.6. The number of hydrogen-bond acceptors (Lipinski definition) is 5. The molecule has 0 saturated carbocycles. The molecule has 3 heterocycles. The van der Waals surface area contributed by atoms with Gasteiger partial charge >= 0.3 is 0 Å². The van der Waals surface area contributed by atoms with Crippen LogP contribution in [0.4, 0.5) is 0 Å². The summed E-state index contributed by atoms with van der Waals surface area (Å²) in [7, 11) is 0. The average molecular weight is 332 g/mol. The Morgan fingerprint density at radius 1 is 1.18 bits per heavy atom. The first-order chi connectivity index (χ1) is 10.6. The lowest BCUT2D eigenvalue weighted by Gasteiger charge is -2.05. The number of hydrogen-bond donors (Lipinski definition) is 3. The van der Waals surface area contributed by atoms with Crippen molar-refractivity contribution in [1.82, 2.24) is 20.8 Å². The third-order valence-corrected chi connectivity index (χ3v) is 5.06. The van der Waals surface area contributed by atoms with Crippen LogP contribution in [0.1, 0.15) is 25.9 Å². The molecule has 8 heteroatoms. The van der Waals surface area contributed by atoms with Crippen LogP contribution in [-0.2, 0) is 0 Å². The van der Waals surface area contributed by atoms with Crippen molar-refractivity contribution in [2.24, 2.45) is 0 Å². The van der Waals surface area contributed by atoms with E-state index >= 15 is 0 Å². The number of hydrazine groups is 1. The molecule has 6 nitrogen and oxygen atoms in total. The number of rotatable bonds is 3. The van der Waals surface area contributed by atoms with Crippen molar-refractivity contribution < 1.29 is 9.59 Å². The van der Waals surface area contributed by atoms with Crippen molar-refractivity contribution in [3.63, 3.8) is 0 Å². The second-order valence-corrected chi connectivity index (χ2v) is 6.35. The normalized spacial score (nSPS) is 10.4. The Balaban J connectivity index is 1.69. The van der Waals surface area contributed by atoms with Gasteiger partial charge in [0.1, 0.15) is 15.6 Å². The highest BCUT2D eigenvalue weighted by Gasteiger charge is 2.17. The van der Waals surface area contributed by atoms with Gasteiger partial charge in [0.25, 0.3) is 11.8 Å². The molecular weight excluding hydrogens is 320 g/mol. The molecule has 3 aromatic heterocycles. The number of thiophene rings is 1. The SMILES string of the molecule is Cc1nc(-c2cccs2)sc1C(=O)NNC(=O)c1ccc[nH]1. The second-order valence-electron chi connectivity index (χ2n) is 4.40. The topological polar surface area (TPSA) is 86.9 Å². The summed E-state index contributed by atoms with van der Waals surface area (Å²) in [6.07, 6.45) is 1.64. The van der Waals surface area contributed by atoms with Crippen molar-refractivity contribution in [1.29, 1.82) is 0 Å². The van der Waals surface area contributed by atoms with Gasteiger partial charge in [-0.3, -0.25) is 20.4 Å². The van der Waals surface area contributed by atoms with Crippen molar-refractivity contribution in [2.75, 3.05) is 0 Å². The minimum atomic E-state index is -0.404. The molecule has 22 heavy (non-hydrogen) atoms. The van der Waals surface area contributed by atoms with Crippen LogP contribution in [-0.4, -0.2) is 21.8 Å². The van der Waals surface area contributed by atoms with E-state index in [4.69, 9.17) is 0 Å². The van der Waals surface area contributed by atoms with Gasteiger partial charge in [-0.2, -0.15) is 0 Å². The van der Waals surface area contributed by atoms with E-state index in [0.29, 0.717) is 16.3 Å². The average Bonchev–Trinajstić information content (AvgIpc) is 3.23. The largest absolute Gasteiger partial charge is 0.357 e. The molecule has 0 bridgehead atoms. The Kier molecular flexibility index (Phi) is 4.03. The lowest BCUT2D eigenvalue weighted by molar-refractivity contribution is 0.0846. The number of carbonyl (C=O) groups excluding carboxylic acids is 2. The summed E-state index contributed by atoms with van der Waals surface area (Å²) < 4.78 is 0. The van der Waals surface area contributed by atoms with Gasteiger partial charge < -0.3 is 4.98 Å². The van der Waals surface area contributed by atoms with E-state index in [1.807, 2.05) is 17.5 Å². The van der Waals surface area contributed by atoms with Crippen molar-refractivity contribution >= 4 is 34.5 Å². The quantitative estimate of drug-likeness (QED) is 0.644. The molecule has 0 aliphatic carbocycles. The van der Waals surface area contributed by atoms with Crippen molar-refractivity contribution in [3.8, 4) is 9.88 Å². The molecule has 0 radical (unpaired) electrons. The number of nitrogens with one attached hydrogen (secondary N) is 3. The molecule has 112 valence electrons. The minimum Gasteiger partial charge on any atom is -0.357 e. The molecule has 3 N–H and O–H groups in total. The van der Waals surface area contributed by atoms with Gasteiger partial charge in [0.05, 0.1) is 10.6 Å². The number of aromatic nitrogens is 2. The van der Waals surface area contributed by atoms with Crippen molar-refractivity contribution in [2.45, 2.75) is 6.92 Å². The first kappa shape index (κ1) is 14.5. The highest BCUT2D eigenvalue weighted by Crippen LogP contribution is 2.30. The molecule has 0 fully saturated rings. The molecule has 0 atom stereocenters. The number of aryl methyl sites for hydroxylation is 1. The Hall–Kier alpha value is -2.45. The van der Waals surface area contributed by atoms with Gasteiger partial charge in [-0.05, 0) is 30.5 Å². The molecule has 0 aliphatic heterocycles. The third-order valence-electron chi connectivity index (χ3n) is 2.87. The number of thiazole rings is 1. The smallest absolute Gasteiger partial charge is 0.286 e. The van der Waals surface area contributed by atoms with E-state index in [9.17, 15) is 9.59 Å². The minimum absolute atomic E-state index is 0.376. The molecule has 0 spiro atoms. The lowest BCUT2D eigenvalue weighted by atomic mass is 10.4. The Morgan fingerprint density at radius 3 is 2.68 bits per heavy atom. The van der Waals surface area contributed by atoms with Gasteiger partial charge in [-0.25, -0.2) is 4.98 Å². The summed E-state index contributed by atoms with van der Waals surface area (Å²) in [5.41, 5.74) is 5.78. The Labute approximate surface area is 134 Å². The van der Waals surface area contributed by atoms with Crippen LogP contribution in [0.3, 0.4) is 0 Å². The van der Waals surface area contributed by atoms with E-state index in [-0.39, 0.29) is 5.91 Å². The zero-order valence-corrected chi connectivity index (χ0v) is 13.2. The standard InChI is InChI=1S/C14H12N4O2S2/c1-8-11(22-14(16-8)10-5-3-7-21-10)13(20)18-17-12(19)9-4-2-6-15-9/h2-7,15H,1H3,(H,17,19)(H,18,20). The fourth-order valence-electron chi connectivity index (χ4n) is 1.82. The molecule has 0 unspecified atom stereocenters. The molecule has 3 rings (SSSR count). The predicted octanol–water partition coefficient (Wildman–Crippen LogP) is 2.58. The highest BCUT2D eigenvalue weighted by molar-refractivity contribution is 7.22. The fourth-order valence-corrected chi connectivity index (χ4v) is 3.58. The number of H-pyrrole nitrogens is 1. The summed E-state index contributed by atoms with van der Waals surface area (Å²) in [6, 6.07) is 7.22. The van der Waals surface area contributed by atoms with E-state index < -0.39 is 5.91 Å².